The molecule has 6 heteroatoms. The van der Waals surface area contributed by atoms with Gasteiger partial charge in [0.2, 0.25) is 0 Å². The summed E-state index contributed by atoms with van der Waals surface area (Å²) in [5.41, 5.74) is 0.534. The van der Waals surface area contributed by atoms with Gasteiger partial charge in [-0.1, -0.05) is 44.2 Å². The Morgan fingerprint density at radius 1 is 1.24 bits per heavy atom. The lowest BCUT2D eigenvalue weighted by molar-refractivity contribution is -0.139. The van der Waals surface area contributed by atoms with Crippen LogP contribution in [0.15, 0.2) is 36.5 Å². The molecule has 1 heterocycles. The Hall–Kier alpha value is -2.21. The van der Waals surface area contributed by atoms with Crippen LogP contribution in [0.3, 0.4) is 0 Å². The molecule has 2 N–H and O–H groups in total. The molecule has 0 fully saturated rings. The van der Waals surface area contributed by atoms with Gasteiger partial charge in [0.1, 0.15) is 4.88 Å². The second-order valence-corrected chi connectivity index (χ2v) is 5.94. The zero-order valence-corrected chi connectivity index (χ0v) is 12.6. The molecule has 21 heavy (non-hydrogen) atoms. The first kappa shape index (κ1) is 15.2. The maximum atomic E-state index is 12.2. The molecule has 0 bridgehead atoms. The van der Waals surface area contributed by atoms with Crippen molar-refractivity contribution in [3.63, 3.8) is 0 Å². The van der Waals surface area contributed by atoms with Crippen molar-refractivity contribution in [2.75, 3.05) is 0 Å². The number of rotatable bonds is 5. The number of carboxylic acid groups (broad SMARTS) is 1. The zero-order valence-electron chi connectivity index (χ0n) is 11.7. The summed E-state index contributed by atoms with van der Waals surface area (Å²) < 4.78 is 0. The molecule has 1 aromatic heterocycles. The van der Waals surface area contributed by atoms with Crippen LogP contribution in [-0.2, 0) is 4.79 Å². The van der Waals surface area contributed by atoms with Crippen LogP contribution in [0, 0.1) is 0 Å². The molecular weight excluding hydrogens is 288 g/mol. The largest absolute Gasteiger partial charge is 0.479 e. The molecule has 0 spiro atoms. The van der Waals surface area contributed by atoms with Gasteiger partial charge < -0.3 is 10.4 Å². The van der Waals surface area contributed by atoms with Crippen molar-refractivity contribution in [1.29, 1.82) is 0 Å². The highest BCUT2D eigenvalue weighted by molar-refractivity contribution is 7.13. The molecule has 2 aromatic rings. The van der Waals surface area contributed by atoms with E-state index in [-0.39, 0.29) is 5.92 Å². The Bertz CT molecular complexity index is 637. The van der Waals surface area contributed by atoms with Crippen LogP contribution in [0.4, 0.5) is 0 Å². The molecule has 1 unspecified atom stereocenters. The smallest absolute Gasteiger partial charge is 0.330 e. The number of aromatic nitrogens is 1. The lowest BCUT2D eigenvalue weighted by atomic mass is 10.1. The van der Waals surface area contributed by atoms with Crippen molar-refractivity contribution in [3.05, 3.63) is 52.0 Å². The van der Waals surface area contributed by atoms with Crippen LogP contribution >= 0.6 is 11.3 Å². The molecule has 5 nitrogen and oxygen atoms in total. The number of amides is 1. The fourth-order valence-electron chi connectivity index (χ4n) is 1.79. The van der Waals surface area contributed by atoms with Gasteiger partial charge in [0.25, 0.3) is 5.91 Å². The van der Waals surface area contributed by atoms with E-state index in [1.807, 2.05) is 13.8 Å². The number of nitrogens with zero attached hydrogens (tertiary/aromatic N) is 1. The number of benzene rings is 1. The Morgan fingerprint density at radius 2 is 1.90 bits per heavy atom. The molecule has 0 radical (unpaired) electrons. The fourth-order valence-corrected chi connectivity index (χ4v) is 2.62. The number of hydrogen-bond donors (Lipinski definition) is 2. The quantitative estimate of drug-likeness (QED) is 0.890. The number of thiazole rings is 1. The minimum Gasteiger partial charge on any atom is -0.479 e. The van der Waals surface area contributed by atoms with Gasteiger partial charge in [-0.25, -0.2) is 9.78 Å². The van der Waals surface area contributed by atoms with Gasteiger partial charge in [-0.2, -0.15) is 0 Å². The van der Waals surface area contributed by atoms with Crippen LogP contribution in [-0.4, -0.2) is 22.0 Å². The lowest BCUT2D eigenvalue weighted by Crippen LogP contribution is -2.33. The third-order valence-electron chi connectivity index (χ3n) is 2.90. The lowest BCUT2D eigenvalue weighted by Gasteiger charge is -2.14. The average molecular weight is 304 g/mol. The normalized spacial score (nSPS) is 12.1. The number of carbonyl (C=O) groups excluding carboxylic acids is 1. The van der Waals surface area contributed by atoms with E-state index in [4.69, 9.17) is 0 Å². The third-order valence-corrected chi connectivity index (χ3v) is 4.19. The molecule has 1 atom stereocenters. The van der Waals surface area contributed by atoms with E-state index in [2.05, 4.69) is 10.3 Å². The fraction of sp³-hybridized carbons (Fsp3) is 0.267. The van der Waals surface area contributed by atoms with Crippen LogP contribution in [0.5, 0.6) is 0 Å². The molecule has 1 amide bonds. The predicted octanol–water partition coefficient (Wildman–Crippen LogP) is 2.82. The topological polar surface area (TPSA) is 79.3 Å². The van der Waals surface area contributed by atoms with Gasteiger partial charge >= 0.3 is 5.97 Å². The predicted molar refractivity (Wildman–Crippen MR) is 80.5 cm³/mol. The van der Waals surface area contributed by atoms with Crippen molar-refractivity contribution in [3.8, 4) is 0 Å². The monoisotopic (exact) mass is 304 g/mol. The van der Waals surface area contributed by atoms with E-state index in [0.29, 0.717) is 10.4 Å². The molecule has 2 rings (SSSR count). The van der Waals surface area contributed by atoms with Gasteiger partial charge in [0, 0.05) is 5.92 Å². The summed E-state index contributed by atoms with van der Waals surface area (Å²) in [6.07, 6.45) is 1.49. The second-order valence-electron chi connectivity index (χ2n) is 4.87. The van der Waals surface area contributed by atoms with Crippen LogP contribution in [0.1, 0.15) is 46.0 Å². The minimum absolute atomic E-state index is 0.237. The van der Waals surface area contributed by atoms with Gasteiger partial charge in [0.15, 0.2) is 6.04 Å². The van der Waals surface area contributed by atoms with Crippen LogP contribution < -0.4 is 5.32 Å². The van der Waals surface area contributed by atoms with Crippen LogP contribution in [0.2, 0.25) is 0 Å². The standard InChI is InChI=1S/C15H16N2O3S/c1-9(2)14-16-8-11(21-14)13(18)17-12(15(19)20)10-6-4-3-5-7-10/h3-9,12H,1-2H3,(H,17,18)(H,19,20). The summed E-state index contributed by atoms with van der Waals surface area (Å²) in [6, 6.07) is 7.55. The highest BCUT2D eigenvalue weighted by Crippen LogP contribution is 2.22. The Labute approximate surface area is 126 Å². The first-order valence-electron chi connectivity index (χ1n) is 6.53. The van der Waals surface area contributed by atoms with E-state index < -0.39 is 17.9 Å². The van der Waals surface area contributed by atoms with Gasteiger partial charge in [0.05, 0.1) is 11.2 Å². The number of carbonyl (C=O) groups is 2. The van der Waals surface area contributed by atoms with E-state index in [1.54, 1.807) is 30.3 Å². The highest BCUT2D eigenvalue weighted by Gasteiger charge is 2.23. The van der Waals surface area contributed by atoms with Crippen molar-refractivity contribution < 1.29 is 14.7 Å². The molecular formula is C15H16N2O3S. The summed E-state index contributed by atoms with van der Waals surface area (Å²) in [4.78, 5) is 28.1. The molecule has 110 valence electrons. The molecule has 0 aliphatic carbocycles. The molecule has 0 saturated heterocycles. The maximum absolute atomic E-state index is 12.2. The average Bonchev–Trinajstić information content (AvgIpc) is 2.95. The van der Waals surface area contributed by atoms with Crippen molar-refractivity contribution >= 4 is 23.2 Å². The molecule has 0 aliphatic heterocycles. The van der Waals surface area contributed by atoms with Gasteiger partial charge in [-0.3, -0.25) is 4.79 Å². The van der Waals surface area contributed by atoms with Crippen molar-refractivity contribution in [2.45, 2.75) is 25.8 Å². The van der Waals surface area contributed by atoms with E-state index in [1.165, 1.54) is 17.5 Å². The highest BCUT2D eigenvalue weighted by atomic mass is 32.1. The summed E-state index contributed by atoms with van der Waals surface area (Å²) in [7, 11) is 0. The number of carboxylic acids is 1. The second kappa shape index (κ2) is 6.49. The molecule has 0 aliphatic rings. The van der Waals surface area contributed by atoms with E-state index in [0.717, 1.165) is 5.01 Å². The van der Waals surface area contributed by atoms with Crippen LogP contribution in [0.25, 0.3) is 0 Å². The maximum Gasteiger partial charge on any atom is 0.330 e. The number of hydrogen-bond acceptors (Lipinski definition) is 4. The summed E-state index contributed by atoms with van der Waals surface area (Å²) in [6.45, 7) is 3.98. The van der Waals surface area contributed by atoms with Gasteiger partial charge in [-0.05, 0) is 5.56 Å². The number of aliphatic carboxylic acids is 1. The minimum atomic E-state index is -1.09. The van der Waals surface area contributed by atoms with Crippen molar-refractivity contribution in [1.82, 2.24) is 10.3 Å². The first-order chi connectivity index (χ1) is 9.99. The Balaban J connectivity index is 2.17. The van der Waals surface area contributed by atoms with E-state index in [9.17, 15) is 14.7 Å². The summed E-state index contributed by atoms with van der Waals surface area (Å²) >= 11 is 1.28. The Kier molecular flexibility index (Phi) is 4.70. The number of nitrogens with one attached hydrogen (secondary N) is 1. The Morgan fingerprint density at radius 3 is 2.43 bits per heavy atom. The zero-order chi connectivity index (χ0) is 15.4. The molecule has 1 aromatic carbocycles. The summed E-state index contributed by atoms with van der Waals surface area (Å²) in [5.74, 6) is -1.28. The van der Waals surface area contributed by atoms with Gasteiger partial charge in [-0.15, -0.1) is 11.3 Å². The first-order valence-corrected chi connectivity index (χ1v) is 7.35. The summed E-state index contributed by atoms with van der Waals surface area (Å²) in [5, 5.41) is 12.7. The van der Waals surface area contributed by atoms with Crippen molar-refractivity contribution in [2.24, 2.45) is 0 Å². The third kappa shape index (κ3) is 3.66. The SMILES string of the molecule is CC(C)c1ncc(C(=O)NC(C(=O)O)c2ccccc2)s1. The molecule has 0 saturated carbocycles. The van der Waals surface area contributed by atoms with E-state index >= 15 is 0 Å².